The zero-order chi connectivity index (χ0) is 26.9. The van der Waals surface area contributed by atoms with Crippen LogP contribution in [0.2, 0.25) is 5.15 Å². The Labute approximate surface area is 229 Å². The first-order valence-corrected chi connectivity index (χ1v) is 13.3. The van der Waals surface area contributed by atoms with Crippen molar-refractivity contribution in [2.75, 3.05) is 10.6 Å². The van der Waals surface area contributed by atoms with Crippen LogP contribution in [-0.4, -0.2) is 54.4 Å². The first kappa shape index (κ1) is 25.1. The molecule has 2 aliphatic rings. The molecule has 11 nitrogen and oxygen atoms in total. The summed E-state index contributed by atoms with van der Waals surface area (Å²) in [5, 5.41) is 6.28. The molecule has 0 radical (unpaired) electrons. The van der Waals surface area contributed by atoms with Gasteiger partial charge in [-0.1, -0.05) is 41.9 Å². The Kier molecular flexibility index (Phi) is 6.74. The second-order valence-corrected chi connectivity index (χ2v) is 10.4. The lowest BCUT2D eigenvalue weighted by Crippen LogP contribution is -2.51. The quantitative estimate of drug-likeness (QED) is 0.301. The molecule has 0 aliphatic carbocycles. The van der Waals surface area contributed by atoms with E-state index in [2.05, 4.69) is 35.5 Å². The van der Waals surface area contributed by atoms with Crippen molar-refractivity contribution in [3.8, 4) is 0 Å². The smallest absolute Gasteiger partial charge is 0.253 e. The van der Waals surface area contributed by atoms with E-state index in [9.17, 15) is 9.59 Å². The summed E-state index contributed by atoms with van der Waals surface area (Å²) in [5.74, 6) is 0.632. The number of aromatic nitrogens is 5. The van der Waals surface area contributed by atoms with Crippen molar-refractivity contribution in [3.05, 3.63) is 71.3 Å². The summed E-state index contributed by atoms with van der Waals surface area (Å²) in [6, 6.07) is 14.2. The molecule has 0 unspecified atom stereocenters. The third-order valence-corrected chi connectivity index (χ3v) is 7.68. The molecule has 2 saturated heterocycles. The Morgan fingerprint density at radius 2 is 1.79 bits per heavy atom. The Morgan fingerprint density at radius 3 is 2.51 bits per heavy atom. The average molecular weight is 546 g/mol. The van der Waals surface area contributed by atoms with E-state index in [1.54, 1.807) is 10.8 Å². The van der Waals surface area contributed by atoms with Gasteiger partial charge in [0.25, 0.3) is 5.91 Å². The first-order valence-electron chi connectivity index (χ1n) is 12.9. The van der Waals surface area contributed by atoms with Gasteiger partial charge in [0.05, 0.1) is 11.9 Å². The SMILES string of the molecule is Nc1nc(Cl)c2ncn(CC(=O)N[C@H]3C[C@H]4CC[C@@H](C3)N4c3ccc(C(=O)NCc4ccccc4)cn3)c2n1. The van der Waals surface area contributed by atoms with Crippen molar-refractivity contribution >= 4 is 46.3 Å². The first-order chi connectivity index (χ1) is 18.9. The van der Waals surface area contributed by atoms with Crippen LogP contribution < -0.4 is 21.3 Å². The molecule has 0 saturated carbocycles. The third-order valence-electron chi connectivity index (χ3n) is 7.42. The van der Waals surface area contributed by atoms with Crippen molar-refractivity contribution in [2.24, 2.45) is 0 Å². The molecule has 3 atom stereocenters. The molecular formula is C27H28ClN9O2. The highest BCUT2D eigenvalue weighted by atomic mass is 35.5. The fourth-order valence-electron chi connectivity index (χ4n) is 5.69. The van der Waals surface area contributed by atoms with Gasteiger partial charge < -0.3 is 25.8 Å². The number of piperidine rings is 1. The van der Waals surface area contributed by atoms with E-state index in [-0.39, 0.29) is 47.6 Å². The minimum absolute atomic E-state index is 0.0352. The predicted molar refractivity (Wildman–Crippen MR) is 147 cm³/mol. The lowest BCUT2D eigenvalue weighted by Gasteiger charge is -2.40. The highest BCUT2D eigenvalue weighted by Gasteiger charge is 2.41. The fraction of sp³-hybridized carbons (Fsp3) is 0.333. The fourth-order valence-corrected chi connectivity index (χ4v) is 5.91. The average Bonchev–Trinajstić information content (AvgIpc) is 3.45. The Bertz CT molecular complexity index is 1500. The molecule has 6 rings (SSSR count). The predicted octanol–water partition coefficient (Wildman–Crippen LogP) is 2.70. The number of carbonyl (C=O) groups is 2. The molecule has 1 aromatic carbocycles. The van der Waals surface area contributed by atoms with Crippen LogP contribution >= 0.6 is 11.6 Å². The van der Waals surface area contributed by atoms with Crippen LogP contribution in [0.15, 0.2) is 55.0 Å². The van der Waals surface area contributed by atoms with E-state index < -0.39 is 0 Å². The number of nitrogens with two attached hydrogens (primary N) is 1. The lowest BCUT2D eigenvalue weighted by molar-refractivity contribution is -0.122. The largest absolute Gasteiger partial charge is 0.368 e. The second kappa shape index (κ2) is 10.5. The maximum absolute atomic E-state index is 12.9. The lowest BCUT2D eigenvalue weighted by atomic mass is 9.97. The number of hydrogen-bond donors (Lipinski definition) is 3. The topological polar surface area (TPSA) is 144 Å². The minimum Gasteiger partial charge on any atom is -0.368 e. The maximum Gasteiger partial charge on any atom is 0.253 e. The van der Waals surface area contributed by atoms with Crippen molar-refractivity contribution in [3.63, 3.8) is 0 Å². The van der Waals surface area contributed by atoms with Gasteiger partial charge >= 0.3 is 0 Å². The van der Waals surface area contributed by atoms with Crippen molar-refractivity contribution in [1.82, 2.24) is 35.1 Å². The van der Waals surface area contributed by atoms with E-state index in [0.717, 1.165) is 37.1 Å². The van der Waals surface area contributed by atoms with Gasteiger partial charge in [-0.15, -0.1) is 0 Å². The summed E-state index contributed by atoms with van der Waals surface area (Å²) in [5.41, 5.74) is 8.13. The number of fused-ring (bicyclic) bond motifs is 3. The molecule has 39 heavy (non-hydrogen) atoms. The zero-order valence-electron chi connectivity index (χ0n) is 21.1. The number of anilines is 2. The van der Waals surface area contributed by atoms with Gasteiger partial charge in [-0.25, -0.2) is 9.97 Å². The van der Waals surface area contributed by atoms with Crippen LogP contribution in [0, 0.1) is 0 Å². The van der Waals surface area contributed by atoms with Crippen LogP contribution in [0.5, 0.6) is 0 Å². The number of hydrogen-bond acceptors (Lipinski definition) is 8. The number of pyridine rings is 1. The third kappa shape index (κ3) is 5.22. The summed E-state index contributed by atoms with van der Waals surface area (Å²) < 4.78 is 1.62. The van der Waals surface area contributed by atoms with Crippen LogP contribution in [0.1, 0.15) is 41.6 Å². The number of imidazole rings is 1. The number of amides is 2. The normalized spacial score (nSPS) is 20.2. The van der Waals surface area contributed by atoms with Crippen LogP contribution in [0.3, 0.4) is 0 Å². The van der Waals surface area contributed by atoms with Crippen molar-refractivity contribution in [1.29, 1.82) is 0 Å². The molecule has 2 fully saturated rings. The van der Waals surface area contributed by atoms with E-state index >= 15 is 0 Å². The number of nitrogen functional groups attached to an aromatic ring is 1. The Balaban J connectivity index is 1.05. The number of nitrogens with one attached hydrogen (secondary N) is 2. The summed E-state index contributed by atoms with van der Waals surface area (Å²) in [6.45, 7) is 0.533. The van der Waals surface area contributed by atoms with E-state index in [4.69, 9.17) is 17.3 Å². The summed E-state index contributed by atoms with van der Waals surface area (Å²) in [4.78, 5) is 44.7. The molecule has 4 aromatic rings. The maximum atomic E-state index is 12.9. The molecule has 2 amide bonds. The van der Waals surface area contributed by atoms with Gasteiger partial charge in [0, 0.05) is 30.9 Å². The summed E-state index contributed by atoms with van der Waals surface area (Å²) in [7, 11) is 0. The Hall–Kier alpha value is -4.25. The molecule has 3 aromatic heterocycles. The molecule has 200 valence electrons. The molecule has 2 bridgehead atoms. The second-order valence-electron chi connectivity index (χ2n) is 10.0. The molecule has 4 N–H and O–H groups in total. The molecular weight excluding hydrogens is 518 g/mol. The molecule has 2 aliphatic heterocycles. The van der Waals surface area contributed by atoms with Gasteiger partial charge in [0.2, 0.25) is 11.9 Å². The van der Waals surface area contributed by atoms with Gasteiger partial charge in [-0.3, -0.25) is 9.59 Å². The van der Waals surface area contributed by atoms with Gasteiger partial charge in [-0.2, -0.15) is 9.97 Å². The number of carbonyl (C=O) groups excluding carboxylic acids is 2. The van der Waals surface area contributed by atoms with Crippen LogP contribution in [-0.2, 0) is 17.9 Å². The number of rotatable bonds is 7. The van der Waals surface area contributed by atoms with Crippen LogP contribution in [0.4, 0.5) is 11.8 Å². The molecule has 0 spiro atoms. The van der Waals surface area contributed by atoms with Crippen molar-refractivity contribution in [2.45, 2.75) is 56.9 Å². The molecule has 12 heteroatoms. The van der Waals surface area contributed by atoms with Gasteiger partial charge in [0.1, 0.15) is 17.9 Å². The van der Waals surface area contributed by atoms with E-state index in [1.165, 1.54) is 6.33 Å². The highest BCUT2D eigenvalue weighted by Crippen LogP contribution is 2.38. The van der Waals surface area contributed by atoms with E-state index in [0.29, 0.717) is 23.3 Å². The number of halogens is 1. The van der Waals surface area contributed by atoms with E-state index in [1.807, 2.05) is 42.5 Å². The Morgan fingerprint density at radius 1 is 1.03 bits per heavy atom. The molecule has 5 heterocycles. The monoisotopic (exact) mass is 545 g/mol. The highest BCUT2D eigenvalue weighted by molar-refractivity contribution is 6.33. The van der Waals surface area contributed by atoms with Crippen molar-refractivity contribution < 1.29 is 9.59 Å². The minimum atomic E-state index is -0.149. The summed E-state index contributed by atoms with van der Waals surface area (Å²) >= 11 is 6.10. The van der Waals surface area contributed by atoms with Crippen LogP contribution in [0.25, 0.3) is 11.2 Å². The summed E-state index contributed by atoms with van der Waals surface area (Å²) in [6.07, 6.45) is 6.90. The van der Waals surface area contributed by atoms with Gasteiger partial charge in [-0.05, 0) is 43.4 Å². The van der Waals surface area contributed by atoms with Gasteiger partial charge in [0.15, 0.2) is 10.8 Å². The zero-order valence-corrected chi connectivity index (χ0v) is 21.9. The number of benzene rings is 1. The number of nitrogens with zero attached hydrogens (tertiary/aromatic N) is 6. The standard InChI is InChI=1S/C27H28ClN9O2/c28-24-23-25(35-27(29)34-24)36(15-32-23)14-22(38)33-18-10-19-7-8-20(11-18)37(19)21-9-6-17(13-30-21)26(39)31-12-16-4-2-1-3-5-16/h1-6,9,13,15,18-20H,7-8,10-12,14H2,(H,31,39)(H,33,38)(H2,29,34,35)/t18-,19+,20-.